The standard InChI is InChI=1S/C12H12BrFN6O/c13-9-3-4-10(14)11(20(16)12(21)18-15)8(9)2-1-7-5-6-17-19-7/h1-6H,15-16H2,(H,17,19)(H,18,21)/b2-1+. The lowest BCUT2D eigenvalue weighted by Crippen LogP contribution is -2.48. The molecule has 0 bridgehead atoms. The zero-order valence-electron chi connectivity index (χ0n) is 10.7. The quantitative estimate of drug-likeness (QED) is 0.382. The number of hydrogen-bond donors (Lipinski definition) is 4. The summed E-state index contributed by atoms with van der Waals surface area (Å²) < 4.78 is 14.6. The molecular weight excluding hydrogens is 343 g/mol. The third-order valence-electron chi connectivity index (χ3n) is 2.65. The number of hydrazine groups is 2. The van der Waals surface area contributed by atoms with Gasteiger partial charge in [-0.25, -0.2) is 25.9 Å². The number of anilines is 1. The van der Waals surface area contributed by atoms with Gasteiger partial charge < -0.3 is 0 Å². The molecule has 7 nitrogen and oxygen atoms in total. The molecule has 0 radical (unpaired) electrons. The molecular formula is C12H12BrFN6O. The van der Waals surface area contributed by atoms with Crippen molar-refractivity contribution < 1.29 is 9.18 Å². The van der Waals surface area contributed by atoms with E-state index in [2.05, 4.69) is 26.1 Å². The number of nitrogens with two attached hydrogens (primary N) is 2. The van der Waals surface area contributed by atoms with Crippen LogP contribution in [0.5, 0.6) is 0 Å². The molecule has 2 rings (SSSR count). The number of H-pyrrole nitrogens is 1. The molecule has 0 spiro atoms. The van der Waals surface area contributed by atoms with E-state index in [1.807, 2.05) is 5.43 Å². The second-order valence-electron chi connectivity index (χ2n) is 3.96. The predicted molar refractivity (Wildman–Crippen MR) is 81.0 cm³/mol. The Morgan fingerprint density at radius 1 is 1.43 bits per heavy atom. The number of hydrogen-bond acceptors (Lipinski definition) is 4. The summed E-state index contributed by atoms with van der Waals surface area (Å²) >= 11 is 3.30. The first-order valence-electron chi connectivity index (χ1n) is 5.75. The first kappa shape index (κ1) is 15.2. The van der Waals surface area contributed by atoms with Gasteiger partial charge in [0.1, 0.15) is 11.5 Å². The molecule has 6 N–H and O–H groups in total. The molecule has 0 fully saturated rings. The Morgan fingerprint density at radius 2 is 2.19 bits per heavy atom. The van der Waals surface area contributed by atoms with Crippen molar-refractivity contribution in [3.63, 3.8) is 0 Å². The summed E-state index contributed by atoms with van der Waals surface area (Å²) in [6.07, 6.45) is 4.85. The first-order valence-corrected chi connectivity index (χ1v) is 6.54. The predicted octanol–water partition coefficient (Wildman–Crippen LogP) is 1.75. The van der Waals surface area contributed by atoms with Gasteiger partial charge in [-0.1, -0.05) is 15.9 Å². The number of carbonyl (C=O) groups excluding carboxylic acids is 1. The van der Waals surface area contributed by atoms with Crippen LogP contribution in [0.25, 0.3) is 12.2 Å². The lowest BCUT2D eigenvalue weighted by atomic mass is 10.1. The van der Waals surface area contributed by atoms with Gasteiger partial charge in [-0.15, -0.1) is 0 Å². The Balaban J connectivity index is 2.48. The number of urea groups is 1. The molecule has 0 aliphatic heterocycles. The lowest BCUT2D eigenvalue weighted by molar-refractivity contribution is 0.246. The van der Waals surface area contributed by atoms with Gasteiger partial charge in [0.2, 0.25) is 0 Å². The van der Waals surface area contributed by atoms with E-state index < -0.39 is 11.8 Å². The molecule has 110 valence electrons. The highest BCUT2D eigenvalue weighted by Crippen LogP contribution is 2.31. The van der Waals surface area contributed by atoms with Crippen LogP contribution in [0.1, 0.15) is 11.3 Å². The van der Waals surface area contributed by atoms with Crippen LogP contribution in [-0.4, -0.2) is 16.2 Å². The minimum Gasteiger partial charge on any atom is -0.278 e. The molecule has 2 aromatic rings. The summed E-state index contributed by atoms with van der Waals surface area (Å²) in [4.78, 5) is 11.5. The van der Waals surface area contributed by atoms with Crippen molar-refractivity contribution >= 4 is 39.8 Å². The number of aromatic nitrogens is 2. The summed E-state index contributed by atoms with van der Waals surface area (Å²) in [5, 5.41) is 7.13. The van der Waals surface area contributed by atoms with Crippen molar-refractivity contribution in [3.05, 3.63) is 45.9 Å². The average Bonchev–Trinajstić information content (AvgIpc) is 2.99. The van der Waals surface area contributed by atoms with E-state index in [0.29, 0.717) is 20.7 Å². The number of benzene rings is 1. The monoisotopic (exact) mass is 354 g/mol. The van der Waals surface area contributed by atoms with Gasteiger partial charge in [-0.2, -0.15) is 5.10 Å². The molecule has 0 aliphatic carbocycles. The maximum atomic E-state index is 14.0. The van der Waals surface area contributed by atoms with Crippen molar-refractivity contribution in [2.75, 3.05) is 5.01 Å². The highest BCUT2D eigenvalue weighted by molar-refractivity contribution is 9.10. The minimum atomic E-state index is -0.844. The van der Waals surface area contributed by atoms with Crippen LogP contribution in [0, 0.1) is 5.82 Å². The van der Waals surface area contributed by atoms with E-state index in [-0.39, 0.29) is 5.69 Å². The first-order chi connectivity index (χ1) is 10.0. The van der Waals surface area contributed by atoms with Gasteiger partial charge in [-0.3, -0.25) is 10.5 Å². The van der Waals surface area contributed by atoms with Crippen LogP contribution < -0.4 is 22.1 Å². The number of nitrogens with zero attached hydrogens (tertiary/aromatic N) is 2. The minimum absolute atomic E-state index is 0.108. The van der Waals surface area contributed by atoms with Crippen molar-refractivity contribution in [1.82, 2.24) is 15.6 Å². The zero-order valence-corrected chi connectivity index (χ0v) is 12.3. The summed E-state index contributed by atoms with van der Waals surface area (Å²) in [5.41, 5.74) is 2.84. The van der Waals surface area contributed by atoms with Gasteiger partial charge >= 0.3 is 6.03 Å². The fourth-order valence-electron chi connectivity index (χ4n) is 1.66. The summed E-state index contributed by atoms with van der Waals surface area (Å²) in [6, 6.07) is 3.59. The van der Waals surface area contributed by atoms with Crippen molar-refractivity contribution in [1.29, 1.82) is 0 Å². The Bertz CT molecular complexity index is 673. The molecule has 0 saturated carbocycles. The van der Waals surface area contributed by atoms with Crippen LogP contribution in [0.15, 0.2) is 28.9 Å². The summed E-state index contributed by atoms with van der Waals surface area (Å²) in [6.45, 7) is 0. The highest BCUT2D eigenvalue weighted by Gasteiger charge is 2.19. The summed E-state index contributed by atoms with van der Waals surface area (Å²) in [7, 11) is 0. The topological polar surface area (TPSA) is 113 Å². The van der Waals surface area contributed by atoms with E-state index in [0.717, 1.165) is 0 Å². The van der Waals surface area contributed by atoms with Gasteiger partial charge in [0, 0.05) is 16.2 Å². The number of halogens is 2. The van der Waals surface area contributed by atoms with Gasteiger partial charge in [0.05, 0.1) is 5.69 Å². The molecule has 0 unspecified atom stereocenters. The Labute approximate surface area is 127 Å². The lowest BCUT2D eigenvalue weighted by Gasteiger charge is -2.19. The van der Waals surface area contributed by atoms with Gasteiger partial charge in [0.25, 0.3) is 0 Å². The van der Waals surface area contributed by atoms with E-state index in [1.165, 1.54) is 12.1 Å². The third kappa shape index (κ3) is 3.27. The van der Waals surface area contributed by atoms with Crippen LogP contribution >= 0.6 is 15.9 Å². The van der Waals surface area contributed by atoms with Crippen molar-refractivity contribution in [3.8, 4) is 0 Å². The maximum Gasteiger partial charge on any atom is 0.350 e. The third-order valence-corrected chi connectivity index (χ3v) is 3.34. The largest absolute Gasteiger partial charge is 0.350 e. The number of aromatic amines is 1. The molecule has 1 aromatic carbocycles. The van der Waals surface area contributed by atoms with Crippen molar-refractivity contribution in [2.45, 2.75) is 0 Å². The average molecular weight is 355 g/mol. The van der Waals surface area contributed by atoms with Crippen LogP contribution in [0.3, 0.4) is 0 Å². The van der Waals surface area contributed by atoms with Crippen LogP contribution in [0.4, 0.5) is 14.9 Å². The smallest absolute Gasteiger partial charge is 0.278 e. The van der Waals surface area contributed by atoms with Crippen molar-refractivity contribution in [2.24, 2.45) is 11.7 Å². The molecule has 9 heteroatoms. The van der Waals surface area contributed by atoms with E-state index in [1.54, 1.807) is 24.4 Å². The number of nitrogens with one attached hydrogen (secondary N) is 2. The van der Waals surface area contributed by atoms with E-state index in [9.17, 15) is 9.18 Å². The number of carbonyl (C=O) groups is 1. The Hall–Kier alpha value is -2.23. The van der Waals surface area contributed by atoms with E-state index >= 15 is 0 Å². The molecule has 0 atom stereocenters. The van der Waals surface area contributed by atoms with Gasteiger partial charge in [-0.05, 0) is 30.4 Å². The number of rotatable bonds is 3. The normalized spacial score (nSPS) is 10.9. The molecule has 1 aromatic heterocycles. The molecule has 2 amide bonds. The molecule has 21 heavy (non-hydrogen) atoms. The fraction of sp³-hybridized carbons (Fsp3) is 0. The van der Waals surface area contributed by atoms with E-state index in [4.69, 9.17) is 11.7 Å². The number of amides is 2. The SMILES string of the molecule is NNC(=O)N(N)c1c(F)ccc(Br)c1/C=C/c1ccn[nH]1. The van der Waals surface area contributed by atoms with Gasteiger partial charge in [0.15, 0.2) is 0 Å². The molecule has 0 aliphatic rings. The Kier molecular flexibility index (Phi) is 4.68. The second kappa shape index (κ2) is 6.48. The van der Waals surface area contributed by atoms with Crippen LogP contribution in [0.2, 0.25) is 0 Å². The van der Waals surface area contributed by atoms with Crippen LogP contribution in [-0.2, 0) is 0 Å². The maximum absolute atomic E-state index is 14.0. The molecule has 0 saturated heterocycles. The Morgan fingerprint density at radius 3 is 2.81 bits per heavy atom. The highest BCUT2D eigenvalue weighted by atomic mass is 79.9. The molecule has 1 heterocycles. The second-order valence-corrected chi connectivity index (χ2v) is 4.81. The zero-order chi connectivity index (χ0) is 15.4. The fourth-order valence-corrected chi connectivity index (χ4v) is 2.12. The summed E-state index contributed by atoms with van der Waals surface area (Å²) in [5.74, 6) is 9.95.